The van der Waals surface area contributed by atoms with Crippen LogP contribution in [-0.2, 0) is 4.79 Å². The van der Waals surface area contributed by atoms with E-state index in [1.54, 1.807) is 17.4 Å². The zero-order valence-electron chi connectivity index (χ0n) is 12.2. The van der Waals surface area contributed by atoms with Crippen LogP contribution >= 0.6 is 11.3 Å². The highest BCUT2D eigenvalue weighted by Crippen LogP contribution is 2.46. The van der Waals surface area contributed by atoms with Gasteiger partial charge in [-0.2, -0.15) is 0 Å². The smallest absolute Gasteiger partial charge is 0.233 e. The molecule has 21 heavy (non-hydrogen) atoms. The van der Waals surface area contributed by atoms with Crippen LogP contribution in [0.25, 0.3) is 0 Å². The Bertz CT molecular complexity index is 664. The summed E-state index contributed by atoms with van der Waals surface area (Å²) >= 11 is 1.62. The number of carbonyl (C=O) groups excluding carboxylic acids is 1. The van der Waals surface area contributed by atoms with Gasteiger partial charge in [-0.25, -0.2) is 4.98 Å². The Morgan fingerprint density at radius 2 is 2.10 bits per heavy atom. The zero-order valence-corrected chi connectivity index (χ0v) is 13.0. The first kappa shape index (κ1) is 14.0. The highest BCUT2D eigenvalue weighted by molar-refractivity contribution is 7.09. The summed E-state index contributed by atoms with van der Waals surface area (Å²) in [4.78, 5) is 18.9. The molecule has 3 atom stereocenters. The summed E-state index contributed by atoms with van der Waals surface area (Å²) in [6.07, 6.45) is 1.75. The largest absolute Gasteiger partial charge is 0.325 e. The topological polar surface area (TPSA) is 33.2 Å². The van der Waals surface area contributed by atoms with Crippen molar-refractivity contribution in [2.45, 2.75) is 25.9 Å². The Kier molecular flexibility index (Phi) is 3.64. The molecule has 0 saturated carbocycles. The molecule has 0 N–H and O–H groups in total. The summed E-state index contributed by atoms with van der Waals surface area (Å²) in [5.41, 5.74) is 2.15. The van der Waals surface area contributed by atoms with Crippen LogP contribution in [-0.4, -0.2) is 15.8 Å². The number of amides is 1. The van der Waals surface area contributed by atoms with Crippen molar-refractivity contribution in [3.63, 3.8) is 0 Å². The van der Waals surface area contributed by atoms with Crippen LogP contribution in [0, 0.1) is 12.8 Å². The van der Waals surface area contributed by atoms with Crippen molar-refractivity contribution in [1.82, 2.24) is 9.88 Å². The van der Waals surface area contributed by atoms with Gasteiger partial charge in [0.05, 0.1) is 18.0 Å². The van der Waals surface area contributed by atoms with Gasteiger partial charge in [-0.3, -0.25) is 4.79 Å². The van der Waals surface area contributed by atoms with Crippen LogP contribution in [0.4, 0.5) is 0 Å². The van der Waals surface area contributed by atoms with Crippen LogP contribution in [0.5, 0.6) is 0 Å². The van der Waals surface area contributed by atoms with E-state index in [1.807, 2.05) is 35.4 Å². The quantitative estimate of drug-likeness (QED) is 0.633. The van der Waals surface area contributed by atoms with E-state index < -0.39 is 0 Å². The number of rotatable bonds is 4. The van der Waals surface area contributed by atoms with E-state index in [2.05, 4.69) is 30.6 Å². The van der Waals surface area contributed by atoms with Gasteiger partial charge in [0.2, 0.25) is 5.91 Å². The number of aryl methyl sites for hydroxylation is 1. The first-order valence-corrected chi connectivity index (χ1v) is 7.93. The molecule has 0 aliphatic carbocycles. The van der Waals surface area contributed by atoms with Gasteiger partial charge in [0.1, 0.15) is 5.01 Å². The first-order valence-electron chi connectivity index (χ1n) is 7.05. The Morgan fingerprint density at radius 1 is 1.38 bits per heavy atom. The maximum absolute atomic E-state index is 12.4. The molecular formula is C17H18N2OS. The lowest BCUT2D eigenvalue weighted by molar-refractivity contribution is -0.157. The molecule has 1 aromatic heterocycles. The summed E-state index contributed by atoms with van der Waals surface area (Å²) in [6.45, 7) is 7.86. The van der Waals surface area contributed by atoms with Crippen LogP contribution in [0.1, 0.15) is 35.3 Å². The van der Waals surface area contributed by atoms with E-state index in [1.165, 1.54) is 0 Å². The molecule has 2 heterocycles. The number of carbonyl (C=O) groups is 1. The minimum Gasteiger partial charge on any atom is -0.325 e. The fraction of sp³-hybridized carbons (Fsp3) is 0.294. The van der Waals surface area contributed by atoms with Gasteiger partial charge in [0.15, 0.2) is 0 Å². The molecule has 108 valence electrons. The average Bonchev–Trinajstić information content (AvgIpc) is 2.91. The molecule has 2 aromatic rings. The van der Waals surface area contributed by atoms with Crippen LogP contribution in [0.15, 0.2) is 48.4 Å². The third-order valence-corrected chi connectivity index (χ3v) is 5.06. The summed E-state index contributed by atoms with van der Waals surface area (Å²) < 4.78 is 0. The average molecular weight is 298 g/mol. The lowest BCUT2D eigenvalue weighted by Gasteiger charge is -2.48. The van der Waals surface area contributed by atoms with Gasteiger partial charge in [0.25, 0.3) is 0 Å². The van der Waals surface area contributed by atoms with Gasteiger partial charge in [-0.05, 0) is 19.4 Å². The molecule has 4 heteroatoms. The Labute approximate surface area is 128 Å². The Hall–Kier alpha value is -1.94. The van der Waals surface area contributed by atoms with Crippen molar-refractivity contribution >= 4 is 17.2 Å². The molecular weight excluding hydrogens is 280 g/mol. The molecule has 0 bridgehead atoms. The lowest BCUT2D eigenvalue weighted by Crippen LogP contribution is -2.54. The Morgan fingerprint density at radius 3 is 2.67 bits per heavy atom. The molecule has 1 saturated heterocycles. The second kappa shape index (κ2) is 5.45. The van der Waals surface area contributed by atoms with E-state index in [0.29, 0.717) is 0 Å². The SMILES string of the molecule is C=C[C@@H]1C(=O)N([C@H](C)c2ccccc2)[C@@H]1c1nc(C)cs1. The molecule has 3 rings (SSSR count). The monoisotopic (exact) mass is 298 g/mol. The number of β-lactam (4-membered cyclic amide) rings is 1. The molecule has 0 radical (unpaired) electrons. The molecule has 1 aromatic carbocycles. The number of hydrogen-bond acceptors (Lipinski definition) is 3. The van der Waals surface area contributed by atoms with Crippen molar-refractivity contribution < 1.29 is 4.79 Å². The zero-order chi connectivity index (χ0) is 15.0. The maximum Gasteiger partial charge on any atom is 0.233 e. The minimum atomic E-state index is -0.151. The van der Waals surface area contributed by atoms with Crippen molar-refractivity contribution in [3.05, 3.63) is 64.6 Å². The van der Waals surface area contributed by atoms with Crippen molar-refractivity contribution in [2.75, 3.05) is 0 Å². The van der Waals surface area contributed by atoms with Gasteiger partial charge in [-0.1, -0.05) is 36.4 Å². The minimum absolute atomic E-state index is 0.0175. The fourth-order valence-electron chi connectivity index (χ4n) is 2.87. The van der Waals surface area contributed by atoms with Crippen molar-refractivity contribution in [1.29, 1.82) is 0 Å². The predicted octanol–water partition coefficient (Wildman–Crippen LogP) is 3.90. The Balaban J connectivity index is 1.93. The van der Waals surface area contributed by atoms with Crippen molar-refractivity contribution in [2.24, 2.45) is 5.92 Å². The number of aromatic nitrogens is 1. The normalized spacial score (nSPS) is 22.8. The van der Waals surface area contributed by atoms with Crippen molar-refractivity contribution in [3.8, 4) is 0 Å². The molecule has 0 spiro atoms. The maximum atomic E-state index is 12.4. The van der Waals surface area contributed by atoms with E-state index in [4.69, 9.17) is 0 Å². The summed E-state index contributed by atoms with van der Waals surface area (Å²) in [6, 6.07) is 10.2. The third kappa shape index (κ3) is 2.29. The van der Waals surface area contributed by atoms with E-state index in [9.17, 15) is 4.79 Å². The van der Waals surface area contributed by atoms with E-state index in [0.717, 1.165) is 16.3 Å². The number of nitrogens with zero attached hydrogens (tertiary/aromatic N) is 2. The van der Waals surface area contributed by atoms with Gasteiger partial charge < -0.3 is 4.90 Å². The van der Waals surface area contributed by atoms with E-state index in [-0.39, 0.29) is 23.9 Å². The van der Waals surface area contributed by atoms with Gasteiger partial charge in [0, 0.05) is 11.1 Å². The van der Waals surface area contributed by atoms with Crippen LogP contribution < -0.4 is 0 Å². The standard InChI is InChI=1S/C17H18N2OS/c1-4-14-15(16-18-11(2)10-21-16)19(17(14)20)12(3)13-8-6-5-7-9-13/h4-10,12,14-15H,1H2,2-3H3/t12-,14+,15+/m1/s1. The lowest BCUT2D eigenvalue weighted by atomic mass is 9.85. The first-order chi connectivity index (χ1) is 10.1. The summed E-state index contributed by atoms with van der Waals surface area (Å²) in [7, 11) is 0. The highest BCUT2D eigenvalue weighted by Gasteiger charge is 2.49. The third-order valence-electron chi connectivity index (χ3n) is 4.02. The molecule has 1 aliphatic rings. The number of thiazole rings is 1. The van der Waals surface area contributed by atoms with Crippen LogP contribution in [0.3, 0.4) is 0 Å². The molecule has 1 amide bonds. The second-order valence-corrected chi connectivity index (χ2v) is 6.26. The summed E-state index contributed by atoms with van der Waals surface area (Å²) in [5.74, 6) is -0.0130. The fourth-order valence-corrected chi connectivity index (χ4v) is 3.81. The van der Waals surface area contributed by atoms with E-state index >= 15 is 0 Å². The number of likely N-dealkylation sites (tertiary alicyclic amines) is 1. The predicted molar refractivity (Wildman–Crippen MR) is 85.0 cm³/mol. The van der Waals surface area contributed by atoms with Gasteiger partial charge >= 0.3 is 0 Å². The molecule has 1 fully saturated rings. The van der Waals surface area contributed by atoms with Gasteiger partial charge in [-0.15, -0.1) is 17.9 Å². The molecule has 0 unspecified atom stereocenters. The highest BCUT2D eigenvalue weighted by atomic mass is 32.1. The van der Waals surface area contributed by atoms with Crippen LogP contribution in [0.2, 0.25) is 0 Å². The molecule has 1 aliphatic heterocycles. The number of benzene rings is 1. The summed E-state index contributed by atoms with van der Waals surface area (Å²) in [5, 5.41) is 3.03. The second-order valence-electron chi connectivity index (χ2n) is 5.37. The molecule has 3 nitrogen and oxygen atoms in total. The number of hydrogen-bond donors (Lipinski definition) is 0.